The average Bonchev–Trinajstić information content (AvgIpc) is 3.34. The molecule has 1 atom stereocenters. The van der Waals surface area contributed by atoms with Gasteiger partial charge in [-0.3, -0.25) is 9.69 Å². The first-order valence-electron chi connectivity index (χ1n) is 11.6. The first kappa shape index (κ1) is 22.2. The molecule has 174 valence electrons. The molecule has 0 N–H and O–H groups in total. The first-order chi connectivity index (χ1) is 16.6. The van der Waals surface area contributed by atoms with Crippen LogP contribution in [-0.2, 0) is 17.8 Å². The summed E-state index contributed by atoms with van der Waals surface area (Å²) in [4.78, 5) is 15.8. The van der Waals surface area contributed by atoms with Gasteiger partial charge in [0.1, 0.15) is 11.5 Å². The highest BCUT2D eigenvalue weighted by Gasteiger charge is 2.34. The SMILES string of the molecule is COc1ccc(C2=NN(C(=O)CN3CCc4ccccc4C3)[C@@H](c3ccc(OC)cc3)C2)cc1. The molecule has 0 fully saturated rings. The van der Waals surface area contributed by atoms with E-state index >= 15 is 0 Å². The molecule has 3 aromatic rings. The van der Waals surface area contributed by atoms with Crippen LogP contribution in [-0.4, -0.2) is 48.8 Å². The van der Waals surface area contributed by atoms with E-state index in [0.717, 1.165) is 47.8 Å². The number of benzene rings is 3. The van der Waals surface area contributed by atoms with Gasteiger partial charge in [-0.25, -0.2) is 5.01 Å². The van der Waals surface area contributed by atoms with Crippen molar-refractivity contribution in [1.29, 1.82) is 0 Å². The van der Waals surface area contributed by atoms with E-state index in [0.29, 0.717) is 13.0 Å². The lowest BCUT2D eigenvalue weighted by atomic mass is 9.98. The Hall–Kier alpha value is -3.64. The number of hydrogen-bond donors (Lipinski definition) is 0. The summed E-state index contributed by atoms with van der Waals surface area (Å²) in [6, 6.07) is 24.1. The minimum absolute atomic E-state index is 0.0173. The summed E-state index contributed by atoms with van der Waals surface area (Å²) in [6.45, 7) is 2.01. The van der Waals surface area contributed by atoms with Crippen molar-refractivity contribution < 1.29 is 14.3 Å². The van der Waals surface area contributed by atoms with Gasteiger partial charge < -0.3 is 9.47 Å². The molecule has 0 unspecified atom stereocenters. The van der Waals surface area contributed by atoms with Crippen molar-refractivity contribution in [3.8, 4) is 11.5 Å². The molecule has 6 nitrogen and oxygen atoms in total. The van der Waals surface area contributed by atoms with Gasteiger partial charge in [-0.05, 0) is 65.1 Å². The summed E-state index contributed by atoms with van der Waals surface area (Å²) in [5, 5.41) is 6.51. The third kappa shape index (κ3) is 4.54. The molecule has 0 aromatic heterocycles. The van der Waals surface area contributed by atoms with Crippen LogP contribution in [0.2, 0.25) is 0 Å². The zero-order valence-electron chi connectivity index (χ0n) is 19.6. The summed E-state index contributed by atoms with van der Waals surface area (Å²) >= 11 is 0. The highest BCUT2D eigenvalue weighted by atomic mass is 16.5. The Kier molecular flexibility index (Phi) is 6.32. The van der Waals surface area contributed by atoms with E-state index in [1.807, 2.05) is 48.5 Å². The lowest BCUT2D eigenvalue weighted by Gasteiger charge is -2.30. The zero-order valence-corrected chi connectivity index (χ0v) is 19.6. The number of fused-ring (bicyclic) bond motifs is 1. The second kappa shape index (κ2) is 9.69. The second-order valence-electron chi connectivity index (χ2n) is 8.74. The predicted octanol–water partition coefficient (Wildman–Crippen LogP) is 4.44. The van der Waals surface area contributed by atoms with Gasteiger partial charge in [-0.15, -0.1) is 0 Å². The zero-order chi connectivity index (χ0) is 23.5. The van der Waals surface area contributed by atoms with Crippen LogP contribution in [0.15, 0.2) is 77.9 Å². The number of nitrogens with zero attached hydrogens (tertiary/aromatic N) is 3. The molecule has 2 heterocycles. The Labute approximate surface area is 200 Å². The van der Waals surface area contributed by atoms with Crippen LogP contribution < -0.4 is 9.47 Å². The highest BCUT2D eigenvalue weighted by molar-refractivity contribution is 6.03. The number of hydrazone groups is 1. The van der Waals surface area contributed by atoms with Crippen molar-refractivity contribution in [2.24, 2.45) is 5.10 Å². The van der Waals surface area contributed by atoms with Crippen molar-refractivity contribution in [3.05, 3.63) is 95.1 Å². The summed E-state index contributed by atoms with van der Waals surface area (Å²) in [5.41, 5.74) is 5.63. The molecule has 0 spiro atoms. The Bertz CT molecular complexity index is 1190. The van der Waals surface area contributed by atoms with Crippen molar-refractivity contribution in [2.75, 3.05) is 27.3 Å². The number of carbonyl (C=O) groups excluding carboxylic acids is 1. The number of ether oxygens (including phenoxy) is 2. The lowest BCUT2D eigenvalue weighted by molar-refractivity contribution is -0.134. The maximum Gasteiger partial charge on any atom is 0.257 e. The summed E-state index contributed by atoms with van der Waals surface area (Å²) < 4.78 is 10.6. The molecule has 6 heteroatoms. The molecule has 34 heavy (non-hydrogen) atoms. The minimum Gasteiger partial charge on any atom is -0.497 e. The predicted molar refractivity (Wildman–Crippen MR) is 132 cm³/mol. The molecule has 5 rings (SSSR count). The summed E-state index contributed by atoms with van der Waals surface area (Å²) in [5.74, 6) is 1.61. The number of hydrogen-bond acceptors (Lipinski definition) is 5. The van der Waals surface area contributed by atoms with Gasteiger partial charge in [0.05, 0.1) is 32.5 Å². The molecular formula is C28H29N3O3. The molecule has 1 amide bonds. The third-order valence-corrected chi connectivity index (χ3v) is 6.66. The van der Waals surface area contributed by atoms with Crippen LogP contribution in [0, 0.1) is 0 Å². The Morgan fingerprint density at radius 2 is 1.56 bits per heavy atom. The monoisotopic (exact) mass is 455 g/mol. The van der Waals surface area contributed by atoms with E-state index in [2.05, 4.69) is 29.2 Å². The van der Waals surface area contributed by atoms with Gasteiger partial charge in [0.15, 0.2) is 0 Å². The number of rotatable bonds is 6. The van der Waals surface area contributed by atoms with E-state index in [-0.39, 0.29) is 11.9 Å². The lowest BCUT2D eigenvalue weighted by Crippen LogP contribution is -2.40. The normalized spacial score (nSPS) is 17.8. The van der Waals surface area contributed by atoms with Crippen LogP contribution in [0.5, 0.6) is 11.5 Å². The van der Waals surface area contributed by atoms with E-state index in [4.69, 9.17) is 14.6 Å². The van der Waals surface area contributed by atoms with Crippen molar-refractivity contribution in [2.45, 2.75) is 25.4 Å². The minimum atomic E-state index is -0.146. The van der Waals surface area contributed by atoms with E-state index in [1.54, 1.807) is 19.2 Å². The fourth-order valence-corrected chi connectivity index (χ4v) is 4.74. The Morgan fingerprint density at radius 3 is 2.24 bits per heavy atom. The molecule has 3 aromatic carbocycles. The molecule has 2 aliphatic rings. The number of amides is 1. The van der Waals surface area contributed by atoms with Crippen molar-refractivity contribution in [3.63, 3.8) is 0 Å². The fraction of sp³-hybridized carbons (Fsp3) is 0.286. The first-order valence-corrected chi connectivity index (χ1v) is 11.6. The summed E-state index contributed by atoms with van der Waals surface area (Å²) in [7, 11) is 3.31. The van der Waals surface area contributed by atoms with Gasteiger partial charge in [0.2, 0.25) is 0 Å². The van der Waals surface area contributed by atoms with E-state index in [9.17, 15) is 4.79 Å². The molecule has 0 radical (unpaired) electrons. The van der Waals surface area contributed by atoms with Crippen LogP contribution in [0.1, 0.15) is 34.7 Å². The molecule has 0 saturated carbocycles. The summed E-state index contributed by atoms with van der Waals surface area (Å²) in [6.07, 6.45) is 1.62. The van der Waals surface area contributed by atoms with Gasteiger partial charge in [0, 0.05) is 19.5 Å². The number of carbonyl (C=O) groups is 1. The van der Waals surface area contributed by atoms with Gasteiger partial charge >= 0.3 is 0 Å². The molecule has 2 aliphatic heterocycles. The Balaban J connectivity index is 1.39. The van der Waals surface area contributed by atoms with Crippen LogP contribution in [0.3, 0.4) is 0 Å². The maximum atomic E-state index is 13.5. The fourth-order valence-electron chi connectivity index (χ4n) is 4.74. The van der Waals surface area contributed by atoms with Crippen molar-refractivity contribution in [1.82, 2.24) is 9.91 Å². The average molecular weight is 456 g/mol. The molecule has 0 saturated heterocycles. The van der Waals surface area contributed by atoms with Gasteiger partial charge in [-0.1, -0.05) is 36.4 Å². The second-order valence-corrected chi connectivity index (χ2v) is 8.74. The van der Waals surface area contributed by atoms with E-state index < -0.39 is 0 Å². The number of methoxy groups -OCH3 is 2. The van der Waals surface area contributed by atoms with Gasteiger partial charge in [-0.2, -0.15) is 5.10 Å². The standard InChI is InChI=1S/C28H29N3O3/c1-33-24-11-7-21(8-12-24)26-17-27(22-9-13-25(34-2)14-10-22)31(29-26)28(32)19-30-16-15-20-5-3-4-6-23(20)18-30/h3-14,27H,15-19H2,1-2H3/t27-/m1/s1. The van der Waals surface area contributed by atoms with Crippen LogP contribution in [0.4, 0.5) is 0 Å². The van der Waals surface area contributed by atoms with E-state index in [1.165, 1.54) is 11.1 Å². The maximum absolute atomic E-state index is 13.5. The third-order valence-electron chi connectivity index (χ3n) is 6.66. The van der Waals surface area contributed by atoms with Crippen LogP contribution >= 0.6 is 0 Å². The smallest absolute Gasteiger partial charge is 0.257 e. The topological polar surface area (TPSA) is 54.4 Å². The quantitative estimate of drug-likeness (QED) is 0.552. The van der Waals surface area contributed by atoms with Crippen molar-refractivity contribution >= 4 is 11.6 Å². The largest absolute Gasteiger partial charge is 0.497 e. The van der Waals surface area contributed by atoms with Crippen LogP contribution in [0.25, 0.3) is 0 Å². The Morgan fingerprint density at radius 1 is 0.912 bits per heavy atom. The highest BCUT2D eigenvalue weighted by Crippen LogP contribution is 2.34. The molecular weight excluding hydrogens is 426 g/mol. The molecule has 0 bridgehead atoms. The van der Waals surface area contributed by atoms with Gasteiger partial charge in [0.25, 0.3) is 5.91 Å². The molecule has 0 aliphatic carbocycles.